The lowest BCUT2D eigenvalue weighted by Gasteiger charge is -2.06. The Morgan fingerprint density at radius 2 is 1.90 bits per heavy atom. The minimum atomic E-state index is -0.662. The molecule has 0 amide bonds. The molecule has 0 unspecified atom stereocenters. The van der Waals surface area contributed by atoms with Crippen molar-refractivity contribution >= 4 is 17.1 Å². The van der Waals surface area contributed by atoms with Crippen LogP contribution in [0.4, 0.5) is 17.1 Å². The number of hydrogen-bond acceptors (Lipinski definition) is 6. The summed E-state index contributed by atoms with van der Waals surface area (Å²) in [6.45, 7) is 0.440. The van der Waals surface area contributed by atoms with Gasteiger partial charge in [0.2, 0.25) is 0 Å². The third-order valence-corrected chi connectivity index (χ3v) is 2.81. The number of aromatic nitrogens is 1. The molecule has 1 heterocycles. The summed E-state index contributed by atoms with van der Waals surface area (Å²) in [7, 11) is 0. The highest BCUT2D eigenvalue weighted by Gasteiger charge is 2.18. The zero-order valence-electron chi connectivity index (χ0n) is 10.9. The van der Waals surface area contributed by atoms with Crippen LogP contribution in [-0.2, 0) is 6.42 Å². The van der Waals surface area contributed by atoms with Gasteiger partial charge in [-0.15, -0.1) is 0 Å². The Labute approximate surface area is 119 Å². The van der Waals surface area contributed by atoms with Gasteiger partial charge in [-0.05, 0) is 18.2 Å². The van der Waals surface area contributed by atoms with Crippen LogP contribution in [0.2, 0.25) is 0 Å². The fourth-order valence-corrected chi connectivity index (χ4v) is 1.81. The Hall–Kier alpha value is -3.03. The molecule has 21 heavy (non-hydrogen) atoms. The average molecular weight is 288 g/mol. The molecule has 8 heteroatoms. The summed E-state index contributed by atoms with van der Waals surface area (Å²) in [5.41, 5.74) is 0.485. The second kappa shape index (κ2) is 6.42. The number of rotatable bonds is 6. The maximum atomic E-state index is 11.0. The Balaban J connectivity index is 2.09. The van der Waals surface area contributed by atoms with Gasteiger partial charge < -0.3 is 5.32 Å². The van der Waals surface area contributed by atoms with Crippen LogP contribution in [0.3, 0.4) is 0 Å². The largest absolute Gasteiger partial charge is 0.379 e. The fourth-order valence-electron chi connectivity index (χ4n) is 1.81. The molecule has 0 aliphatic carbocycles. The molecule has 0 saturated heterocycles. The van der Waals surface area contributed by atoms with E-state index < -0.39 is 9.85 Å². The van der Waals surface area contributed by atoms with E-state index in [1.165, 1.54) is 12.1 Å². The SMILES string of the molecule is O=[N+]([O-])c1ccc(NCCc2ccccn2)c([N+](=O)[O-])c1. The van der Waals surface area contributed by atoms with Crippen LogP contribution in [0.5, 0.6) is 0 Å². The molecule has 8 nitrogen and oxygen atoms in total. The van der Waals surface area contributed by atoms with E-state index in [9.17, 15) is 20.2 Å². The van der Waals surface area contributed by atoms with Crippen LogP contribution in [0.25, 0.3) is 0 Å². The molecular formula is C13H12N4O4. The van der Waals surface area contributed by atoms with Crippen molar-refractivity contribution in [3.8, 4) is 0 Å². The molecule has 1 aromatic heterocycles. The molecule has 1 aromatic carbocycles. The molecule has 0 aliphatic rings. The third kappa shape index (κ3) is 3.72. The monoisotopic (exact) mass is 288 g/mol. The molecule has 0 atom stereocenters. The first-order valence-corrected chi connectivity index (χ1v) is 6.14. The molecule has 0 aliphatic heterocycles. The first-order valence-electron chi connectivity index (χ1n) is 6.14. The van der Waals surface area contributed by atoms with E-state index in [1.54, 1.807) is 12.3 Å². The standard InChI is InChI=1S/C13H12N4O4/c18-16(19)11-4-5-12(13(9-11)17(20)21)15-8-6-10-3-1-2-7-14-10/h1-5,7,9,15H,6,8H2. The van der Waals surface area contributed by atoms with Crippen molar-refractivity contribution in [2.45, 2.75) is 6.42 Å². The van der Waals surface area contributed by atoms with Crippen molar-refractivity contribution in [1.82, 2.24) is 4.98 Å². The maximum Gasteiger partial charge on any atom is 0.299 e. The lowest BCUT2D eigenvalue weighted by atomic mass is 10.2. The van der Waals surface area contributed by atoms with E-state index in [4.69, 9.17) is 0 Å². The van der Waals surface area contributed by atoms with Gasteiger partial charge in [-0.2, -0.15) is 0 Å². The number of nitrogens with one attached hydrogen (secondary N) is 1. The van der Waals surface area contributed by atoms with Gasteiger partial charge in [0.05, 0.1) is 15.9 Å². The van der Waals surface area contributed by atoms with E-state index in [2.05, 4.69) is 10.3 Å². The van der Waals surface area contributed by atoms with E-state index in [-0.39, 0.29) is 17.1 Å². The highest BCUT2D eigenvalue weighted by atomic mass is 16.6. The number of anilines is 1. The predicted molar refractivity (Wildman–Crippen MR) is 76.2 cm³/mol. The van der Waals surface area contributed by atoms with Crippen molar-refractivity contribution in [2.75, 3.05) is 11.9 Å². The van der Waals surface area contributed by atoms with Gasteiger partial charge in [0, 0.05) is 30.9 Å². The molecule has 108 valence electrons. The number of nitro groups is 2. The molecule has 0 bridgehead atoms. The van der Waals surface area contributed by atoms with Crippen LogP contribution in [0.1, 0.15) is 5.69 Å². The van der Waals surface area contributed by atoms with E-state index >= 15 is 0 Å². The molecule has 2 aromatic rings. The Kier molecular flexibility index (Phi) is 4.39. The molecule has 0 saturated carbocycles. The van der Waals surface area contributed by atoms with Crippen molar-refractivity contribution in [3.63, 3.8) is 0 Å². The summed E-state index contributed by atoms with van der Waals surface area (Å²) >= 11 is 0. The summed E-state index contributed by atoms with van der Waals surface area (Å²) < 4.78 is 0. The lowest BCUT2D eigenvalue weighted by molar-refractivity contribution is -0.393. The lowest BCUT2D eigenvalue weighted by Crippen LogP contribution is -2.08. The van der Waals surface area contributed by atoms with Gasteiger partial charge in [0.1, 0.15) is 5.69 Å². The van der Waals surface area contributed by atoms with Gasteiger partial charge in [0.15, 0.2) is 0 Å². The smallest absolute Gasteiger partial charge is 0.299 e. The zero-order valence-corrected chi connectivity index (χ0v) is 10.9. The Morgan fingerprint density at radius 1 is 1.10 bits per heavy atom. The highest BCUT2D eigenvalue weighted by molar-refractivity contribution is 5.65. The van der Waals surface area contributed by atoms with Crippen molar-refractivity contribution in [3.05, 3.63) is 68.5 Å². The zero-order chi connectivity index (χ0) is 15.2. The minimum Gasteiger partial charge on any atom is -0.379 e. The van der Waals surface area contributed by atoms with Crippen LogP contribution < -0.4 is 5.32 Å². The summed E-state index contributed by atoms with van der Waals surface area (Å²) in [5.74, 6) is 0. The molecule has 0 spiro atoms. The van der Waals surface area contributed by atoms with Crippen LogP contribution in [0.15, 0.2) is 42.6 Å². The van der Waals surface area contributed by atoms with Gasteiger partial charge in [-0.25, -0.2) is 0 Å². The first-order chi connectivity index (χ1) is 10.1. The highest BCUT2D eigenvalue weighted by Crippen LogP contribution is 2.28. The quantitative estimate of drug-likeness (QED) is 0.645. The van der Waals surface area contributed by atoms with Gasteiger partial charge in [0.25, 0.3) is 11.4 Å². The number of nitro benzene ring substituents is 2. The van der Waals surface area contributed by atoms with E-state index in [0.717, 1.165) is 11.8 Å². The summed E-state index contributed by atoms with van der Waals surface area (Å²) in [4.78, 5) is 24.4. The van der Waals surface area contributed by atoms with Crippen molar-refractivity contribution in [1.29, 1.82) is 0 Å². The van der Waals surface area contributed by atoms with Crippen LogP contribution >= 0.6 is 0 Å². The summed E-state index contributed by atoms with van der Waals surface area (Å²) in [6, 6.07) is 9.04. The second-order valence-corrected chi connectivity index (χ2v) is 4.21. The van der Waals surface area contributed by atoms with Gasteiger partial charge in [-0.3, -0.25) is 25.2 Å². The van der Waals surface area contributed by atoms with E-state index in [1.807, 2.05) is 12.1 Å². The summed E-state index contributed by atoms with van der Waals surface area (Å²) in [6.07, 6.45) is 2.26. The maximum absolute atomic E-state index is 11.0. The molecule has 0 fully saturated rings. The van der Waals surface area contributed by atoms with Crippen LogP contribution in [0, 0.1) is 20.2 Å². The molecular weight excluding hydrogens is 276 g/mol. The second-order valence-electron chi connectivity index (χ2n) is 4.21. The molecule has 0 radical (unpaired) electrons. The first kappa shape index (κ1) is 14.4. The fraction of sp³-hybridized carbons (Fsp3) is 0.154. The number of non-ortho nitro benzene ring substituents is 1. The minimum absolute atomic E-state index is 0.251. The number of hydrogen-bond donors (Lipinski definition) is 1. The van der Waals surface area contributed by atoms with Gasteiger partial charge >= 0.3 is 0 Å². The Morgan fingerprint density at radius 3 is 2.52 bits per heavy atom. The molecule has 2 rings (SSSR count). The van der Waals surface area contributed by atoms with Crippen molar-refractivity contribution < 1.29 is 9.85 Å². The summed E-state index contributed by atoms with van der Waals surface area (Å²) in [5, 5.41) is 24.5. The van der Waals surface area contributed by atoms with Crippen LogP contribution in [-0.4, -0.2) is 21.4 Å². The predicted octanol–water partition coefficient (Wildman–Crippen LogP) is 2.55. The van der Waals surface area contributed by atoms with E-state index in [0.29, 0.717) is 13.0 Å². The number of pyridine rings is 1. The average Bonchev–Trinajstić information content (AvgIpc) is 2.48. The van der Waals surface area contributed by atoms with Gasteiger partial charge in [-0.1, -0.05) is 6.07 Å². The Bertz CT molecular complexity index is 660. The molecule has 1 N–H and O–H groups in total. The topological polar surface area (TPSA) is 111 Å². The normalized spacial score (nSPS) is 10.1. The van der Waals surface area contributed by atoms with Crippen molar-refractivity contribution in [2.24, 2.45) is 0 Å². The number of benzene rings is 1. The number of nitrogens with zero attached hydrogens (tertiary/aromatic N) is 3. The third-order valence-electron chi connectivity index (χ3n) is 2.81.